The summed E-state index contributed by atoms with van der Waals surface area (Å²) < 4.78 is 93.3. The molecule has 0 aromatic heterocycles. The molecule has 1 spiro atoms. The summed E-state index contributed by atoms with van der Waals surface area (Å²) in [5.74, 6) is -12.8. The van der Waals surface area contributed by atoms with E-state index in [-0.39, 0.29) is 102 Å². The van der Waals surface area contributed by atoms with Crippen molar-refractivity contribution in [3.05, 3.63) is 12.2 Å². The van der Waals surface area contributed by atoms with Gasteiger partial charge in [-0.1, -0.05) is 73.0 Å². The maximum absolute atomic E-state index is 15.4. The molecule has 3 heterocycles. The quantitative estimate of drug-likeness (QED) is 0.121. The maximum atomic E-state index is 15.4. The molecular weight excluding hydrogens is 1320 g/mol. The molecule has 2 bridgehead atoms. The van der Waals surface area contributed by atoms with Crippen molar-refractivity contribution in [3.8, 4) is 0 Å². The lowest BCUT2D eigenvalue weighted by molar-refractivity contribution is -0.219. The summed E-state index contributed by atoms with van der Waals surface area (Å²) in [6.45, 7) is 13.0. The Kier molecular flexibility index (Phi) is 30.3. The third-order valence-corrected chi connectivity index (χ3v) is 22.6. The molecule has 6 aliphatic rings. The Bertz CT molecular complexity index is 2920. The van der Waals surface area contributed by atoms with Gasteiger partial charge in [0.2, 0.25) is 65.0 Å². The second-order valence-corrected chi connectivity index (χ2v) is 30.1. The highest BCUT2D eigenvalue weighted by atomic mass is 19.4. The monoisotopic (exact) mass is 1440 g/mol. The number of carbonyl (C=O) groups excluding carboxylic acids is 11. The molecule has 0 aromatic rings. The van der Waals surface area contributed by atoms with Crippen molar-refractivity contribution < 1.29 is 83.8 Å². The van der Waals surface area contributed by atoms with E-state index in [9.17, 15) is 41.5 Å². The third-order valence-electron chi connectivity index (χ3n) is 22.6. The van der Waals surface area contributed by atoms with Crippen molar-refractivity contribution in [1.29, 1.82) is 0 Å². The van der Waals surface area contributed by atoms with Crippen LogP contribution in [0.3, 0.4) is 0 Å². The summed E-state index contributed by atoms with van der Waals surface area (Å²) in [5, 5.41) is 8.55. The number of nitrogens with zero attached hydrogens (tertiary/aromatic N) is 8. The number of rotatable bonds is 14. The maximum Gasteiger partial charge on any atom is 0.397 e. The smallest absolute Gasteiger partial charge is 0.377 e. The van der Waals surface area contributed by atoms with Crippen LogP contribution in [-0.2, 0) is 57.5 Å². The number of carbonyl (C=O) groups is 11. The Hall–Kier alpha value is -6.55. The standard InChI is InChI=1S/C72H115F6N11O12/c1-15-43(7)61-68(98)83(10)41-59(92)85(12)53-23-20-19-21-32-88(67(53)97)56(37-45-24-27-48(73)28-25-45)66(96)82(9)40-57(90)79-52(29-26-46-35-50(74)60(51(75)36-46)72(76,77)78)65(95)89-39-49(101-18-4)38-55(89)64(94)81-71(30-22-31-71)70(100)87(14)62(47(16-2)17-3)69(99)84(11)44(8)34-58(91)86(13)54(33-42(5)6)63(93)80-61/h19-20,42-56,60-62H,15-18,21-41H2,1-14H3,(H,79,90)(H,80,93)(H,81,94)/b20-19-/t43-,44+,45?,46?,48?,49+,50?,51?,52-,53-,54-,55-,56-,60?,61-,62-/m0/s1. The van der Waals surface area contributed by atoms with E-state index in [0.717, 1.165) is 9.80 Å². The Morgan fingerprint density at radius 3 is 1.82 bits per heavy atom. The second-order valence-electron chi connectivity index (χ2n) is 30.1. The highest BCUT2D eigenvalue weighted by Crippen LogP contribution is 2.45. The van der Waals surface area contributed by atoms with Gasteiger partial charge in [-0.2, -0.15) is 13.2 Å². The first kappa shape index (κ1) is 83.4. The number of nitrogens with one attached hydrogen (secondary N) is 3. The van der Waals surface area contributed by atoms with Crippen LogP contribution in [0.5, 0.6) is 0 Å². The van der Waals surface area contributed by atoms with Crippen molar-refractivity contribution in [2.75, 3.05) is 75.1 Å². The molecule has 3 saturated carbocycles. The van der Waals surface area contributed by atoms with Crippen molar-refractivity contribution in [3.63, 3.8) is 0 Å². The van der Waals surface area contributed by atoms with Gasteiger partial charge in [-0.15, -0.1) is 0 Å². The fourth-order valence-corrected chi connectivity index (χ4v) is 15.7. The summed E-state index contributed by atoms with van der Waals surface area (Å²) in [7, 11) is 8.56. The van der Waals surface area contributed by atoms with Crippen molar-refractivity contribution in [2.24, 2.45) is 35.5 Å². The molecule has 12 atom stereocenters. The van der Waals surface area contributed by atoms with Crippen molar-refractivity contribution >= 4 is 65.0 Å². The highest BCUT2D eigenvalue weighted by Gasteiger charge is 2.56. The molecular formula is C72H115F6N11O12. The minimum absolute atomic E-state index is 0.0151. The molecule has 6 rings (SSSR count). The van der Waals surface area contributed by atoms with Gasteiger partial charge in [-0.3, -0.25) is 52.7 Å². The predicted octanol–water partition coefficient (Wildman–Crippen LogP) is 6.69. The average Bonchev–Trinajstić information content (AvgIpc) is 1.66. The van der Waals surface area contributed by atoms with Crippen LogP contribution in [0.25, 0.3) is 0 Å². The fraction of sp³-hybridized carbons (Fsp3) is 0.819. The number of alkyl halides is 6. The summed E-state index contributed by atoms with van der Waals surface area (Å²) in [6, 6.07) is -9.78. The molecule has 101 heavy (non-hydrogen) atoms. The summed E-state index contributed by atoms with van der Waals surface area (Å²) >= 11 is 0. The molecule has 11 amide bonds. The van der Waals surface area contributed by atoms with Crippen LogP contribution in [-0.4, -0.2) is 264 Å². The van der Waals surface area contributed by atoms with Crippen LogP contribution in [0.2, 0.25) is 0 Å². The number of hydrogen-bond donors (Lipinski definition) is 3. The molecule has 23 nitrogen and oxygen atoms in total. The van der Waals surface area contributed by atoms with E-state index in [0.29, 0.717) is 38.5 Å². The van der Waals surface area contributed by atoms with E-state index in [1.807, 2.05) is 34.6 Å². The van der Waals surface area contributed by atoms with Crippen molar-refractivity contribution in [1.82, 2.24) is 55.1 Å². The van der Waals surface area contributed by atoms with E-state index in [4.69, 9.17) is 4.74 Å². The Morgan fingerprint density at radius 2 is 1.26 bits per heavy atom. The van der Waals surface area contributed by atoms with Crippen LogP contribution in [0.15, 0.2) is 12.2 Å². The number of amides is 11. The van der Waals surface area contributed by atoms with Gasteiger partial charge in [0.25, 0.3) is 0 Å². The molecule has 0 aromatic carbocycles. The third kappa shape index (κ3) is 20.7. The van der Waals surface area contributed by atoms with E-state index in [2.05, 4.69) is 16.0 Å². The minimum atomic E-state index is -5.18. The predicted molar refractivity (Wildman–Crippen MR) is 366 cm³/mol. The average molecular weight is 1440 g/mol. The van der Waals surface area contributed by atoms with E-state index < -0.39 is 206 Å². The van der Waals surface area contributed by atoms with Gasteiger partial charge in [-0.25, -0.2) is 13.2 Å². The Morgan fingerprint density at radius 1 is 0.634 bits per heavy atom. The van der Waals surface area contributed by atoms with Crippen LogP contribution >= 0.6 is 0 Å². The van der Waals surface area contributed by atoms with Gasteiger partial charge < -0.3 is 59.9 Å². The van der Waals surface area contributed by atoms with Crippen LogP contribution in [0.4, 0.5) is 26.3 Å². The topological polar surface area (TPSA) is 259 Å². The molecule has 3 aliphatic heterocycles. The lowest BCUT2D eigenvalue weighted by atomic mass is 9.74. The molecule has 5 fully saturated rings. The fourth-order valence-electron chi connectivity index (χ4n) is 15.7. The van der Waals surface area contributed by atoms with Gasteiger partial charge in [0, 0.05) is 80.9 Å². The summed E-state index contributed by atoms with van der Waals surface area (Å²) in [4.78, 5) is 175. The SMILES string of the molecule is CCO[C@@H]1C[C@H]2C(=O)NC3(CCC3)C(=O)N(C)[C@@H](C(CC)CC)C(=O)N(C)[C@H](C)CC(=O)N(C)[C@@H](CC(C)C)C(=O)N[C@@H]([C@@H](C)CC)C(=O)N(C)CC(=O)N(C)[C@H]3C/C=C\CCN(C3=O)[C@@H](CC3CCC(F)CC3)C(=O)N(C)CC(=O)N[C@@H](CCC3CC(F)C(C(F)(F)F)C(F)C3)C(=O)N2C1. The lowest BCUT2D eigenvalue weighted by Crippen LogP contribution is -2.68. The minimum Gasteiger partial charge on any atom is -0.377 e. The van der Waals surface area contributed by atoms with Gasteiger partial charge in [0.05, 0.1) is 19.2 Å². The number of likely N-dealkylation sites (N-methyl/N-ethyl adjacent to an activating group) is 6. The highest BCUT2D eigenvalue weighted by molar-refractivity contribution is 6.00. The first-order chi connectivity index (χ1) is 47.4. The first-order valence-electron chi connectivity index (χ1n) is 36.8. The normalized spacial score (nSPS) is 32.3. The van der Waals surface area contributed by atoms with Gasteiger partial charge in [0.1, 0.15) is 72.3 Å². The van der Waals surface area contributed by atoms with E-state index in [1.165, 1.54) is 71.7 Å². The molecule has 29 heteroatoms. The molecule has 2 unspecified atom stereocenters. The lowest BCUT2D eigenvalue weighted by Gasteiger charge is -2.47. The zero-order valence-corrected chi connectivity index (χ0v) is 62.0. The number of fused-ring (bicyclic) bond motifs is 3. The second kappa shape index (κ2) is 36.7. The Balaban J connectivity index is 1.44. The molecule has 3 aliphatic carbocycles. The van der Waals surface area contributed by atoms with Gasteiger partial charge >= 0.3 is 6.18 Å². The summed E-state index contributed by atoms with van der Waals surface area (Å²) in [6.07, 6.45) is -7.63. The first-order valence-corrected chi connectivity index (χ1v) is 36.8. The number of hydrogen-bond acceptors (Lipinski definition) is 12. The summed E-state index contributed by atoms with van der Waals surface area (Å²) in [5.41, 5.74) is -1.59. The van der Waals surface area contributed by atoms with Gasteiger partial charge in [-0.05, 0) is 140 Å². The Labute approximate surface area is 593 Å². The van der Waals surface area contributed by atoms with E-state index >= 15 is 37.5 Å². The number of halogens is 6. The zero-order chi connectivity index (χ0) is 75.3. The van der Waals surface area contributed by atoms with Crippen LogP contribution in [0.1, 0.15) is 184 Å². The number of ether oxygens (including phenoxy) is 1. The largest absolute Gasteiger partial charge is 0.397 e. The van der Waals surface area contributed by atoms with Gasteiger partial charge in [0.15, 0.2) is 0 Å². The molecule has 2 saturated heterocycles. The van der Waals surface area contributed by atoms with E-state index in [1.54, 1.807) is 32.9 Å². The zero-order valence-electron chi connectivity index (χ0n) is 62.0. The molecule has 3 N–H and O–H groups in total. The molecule has 572 valence electrons. The van der Waals surface area contributed by atoms with Crippen LogP contribution < -0.4 is 16.0 Å². The van der Waals surface area contributed by atoms with Crippen LogP contribution in [0, 0.1) is 35.5 Å². The molecule has 0 radical (unpaired) electrons. The van der Waals surface area contributed by atoms with Crippen molar-refractivity contribution in [2.45, 2.75) is 268 Å².